The number of hydrogen-bond donors (Lipinski definition) is 1. The van der Waals surface area contributed by atoms with Crippen LogP contribution in [0.1, 0.15) is 26.3 Å². The number of hydrogen-bond acceptors (Lipinski definition) is 3. The Balaban J connectivity index is 2.59. The largest absolute Gasteiger partial charge is 0.508 e. The van der Waals surface area contributed by atoms with Gasteiger partial charge in [0.05, 0.1) is 6.61 Å². The minimum atomic E-state index is 0.329. The van der Waals surface area contributed by atoms with Crippen LogP contribution in [-0.2, 0) is 11.2 Å². The average molecular weight is 265 g/mol. The van der Waals surface area contributed by atoms with E-state index in [2.05, 4.69) is 25.7 Å². The normalized spacial score (nSPS) is 13.2. The van der Waals surface area contributed by atoms with Gasteiger partial charge in [0, 0.05) is 26.2 Å². The molecule has 0 spiro atoms. The zero-order valence-corrected chi connectivity index (χ0v) is 12.6. The fourth-order valence-corrected chi connectivity index (χ4v) is 2.27. The molecule has 1 unspecified atom stereocenters. The van der Waals surface area contributed by atoms with E-state index in [1.807, 2.05) is 12.1 Å². The molecule has 0 saturated carbocycles. The Kier molecular flexibility index (Phi) is 6.89. The van der Waals surface area contributed by atoms with Crippen LogP contribution in [0.2, 0.25) is 0 Å². The van der Waals surface area contributed by atoms with Crippen molar-refractivity contribution >= 4 is 0 Å². The van der Waals surface area contributed by atoms with Crippen molar-refractivity contribution in [1.82, 2.24) is 4.90 Å². The van der Waals surface area contributed by atoms with Crippen LogP contribution in [0.3, 0.4) is 0 Å². The Morgan fingerprint density at radius 3 is 2.32 bits per heavy atom. The second-order valence-electron chi connectivity index (χ2n) is 5.60. The minimum Gasteiger partial charge on any atom is -0.508 e. The molecular weight excluding hydrogens is 238 g/mol. The van der Waals surface area contributed by atoms with E-state index in [9.17, 15) is 5.11 Å². The lowest BCUT2D eigenvalue weighted by molar-refractivity contribution is 0.115. The van der Waals surface area contributed by atoms with Gasteiger partial charge in [0.15, 0.2) is 0 Å². The molecule has 1 N–H and O–H groups in total. The maximum atomic E-state index is 9.31. The molecule has 3 heteroatoms. The lowest BCUT2D eigenvalue weighted by Gasteiger charge is -2.30. The summed E-state index contributed by atoms with van der Waals surface area (Å²) in [4.78, 5) is 2.47. The first-order valence-electron chi connectivity index (χ1n) is 7.03. The zero-order valence-electron chi connectivity index (χ0n) is 12.6. The maximum absolute atomic E-state index is 9.31. The Morgan fingerprint density at radius 2 is 1.79 bits per heavy atom. The standard InChI is InChI=1S/C16H27NO2/c1-13(2)12-17(9-10-19-4)14(3)11-15-5-7-16(18)8-6-15/h5-8,13-14,18H,9-12H2,1-4H3. The van der Waals surface area contributed by atoms with E-state index >= 15 is 0 Å². The Morgan fingerprint density at radius 1 is 1.16 bits per heavy atom. The van der Waals surface area contributed by atoms with Crippen LogP contribution in [0.15, 0.2) is 24.3 Å². The predicted molar refractivity (Wildman–Crippen MR) is 79.6 cm³/mol. The van der Waals surface area contributed by atoms with Gasteiger partial charge >= 0.3 is 0 Å². The third kappa shape index (κ3) is 6.08. The zero-order chi connectivity index (χ0) is 14.3. The summed E-state index contributed by atoms with van der Waals surface area (Å²) in [5, 5.41) is 9.31. The summed E-state index contributed by atoms with van der Waals surface area (Å²) >= 11 is 0. The van der Waals surface area contributed by atoms with E-state index in [0.29, 0.717) is 17.7 Å². The van der Waals surface area contributed by atoms with Gasteiger partial charge in [-0.2, -0.15) is 0 Å². The van der Waals surface area contributed by atoms with Crippen LogP contribution in [0, 0.1) is 5.92 Å². The Labute approximate surface area is 117 Å². The van der Waals surface area contributed by atoms with Crippen LogP contribution in [-0.4, -0.2) is 42.9 Å². The molecule has 3 nitrogen and oxygen atoms in total. The molecule has 0 saturated heterocycles. The number of phenols is 1. The molecule has 0 aliphatic heterocycles. The molecule has 1 atom stereocenters. The van der Waals surface area contributed by atoms with Gasteiger partial charge in [0.25, 0.3) is 0 Å². The van der Waals surface area contributed by atoms with E-state index < -0.39 is 0 Å². The predicted octanol–water partition coefficient (Wildman–Crippen LogP) is 2.93. The molecule has 0 aliphatic carbocycles. The first-order chi connectivity index (χ1) is 9.02. The van der Waals surface area contributed by atoms with Gasteiger partial charge in [-0.25, -0.2) is 0 Å². The van der Waals surface area contributed by atoms with Gasteiger partial charge in [0.1, 0.15) is 5.75 Å². The summed E-state index contributed by atoms with van der Waals surface area (Å²) in [6, 6.07) is 7.97. The van der Waals surface area contributed by atoms with Gasteiger partial charge in [-0.05, 0) is 37.0 Å². The van der Waals surface area contributed by atoms with Crippen LogP contribution in [0.25, 0.3) is 0 Å². The van der Waals surface area contributed by atoms with E-state index in [1.165, 1.54) is 5.56 Å². The second kappa shape index (κ2) is 8.18. The summed E-state index contributed by atoms with van der Waals surface area (Å²) in [5.74, 6) is 0.981. The highest BCUT2D eigenvalue weighted by Gasteiger charge is 2.15. The SMILES string of the molecule is COCCN(CC(C)C)C(C)Cc1ccc(O)cc1. The van der Waals surface area contributed by atoms with Crippen LogP contribution >= 0.6 is 0 Å². The van der Waals surface area contributed by atoms with Crippen molar-refractivity contribution in [3.63, 3.8) is 0 Å². The van der Waals surface area contributed by atoms with Gasteiger partial charge in [-0.1, -0.05) is 26.0 Å². The van der Waals surface area contributed by atoms with Crippen LogP contribution in [0.5, 0.6) is 5.75 Å². The van der Waals surface area contributed by atoms with Crippen LogP contribution in [0.4, 0.5) is 0 Å². The van der Waals surface area contributed by atoms with Crippen molar-refractivity contribution in [1.29, 1.82) is 0 Å². The highest BCUT2D eigenvalue weighted by atomic mass is 16.5. The Hall–Kier alpha value is -1.06. The third-order valence-corrected chi connectivity index (χ3v) is 3.27. The molecule has 0 radical (unpaired) electrons. The van der Waals surface area contributed by atoms with Crippen molar-refractivity contribution in [3.05, 3.63) is 29.8 Å². The molecular formula is C16H27NO2. The molecule has 0 fully saturated rings. The summed E-state index contributed by atoms with van der Waals surface area (Å²) in [5.41, 5.74) is 1.26. The first kappa shape index (κ1) is 16.0. The highest BCUT2D eigenvalue weighted by Crippen LogP contribution is 2.14. The molecule has 108 valence electrons. The lowest BCUT2D eigenvalue weighted by atomic mass is 10.0. The van der Waals surface area contributed by atoms with Crippen molar-refractivity contribution in [3.8, 4) is 5.75 Å². The lowest BCUT2D eigenvalue weighted by Crippen LogP contribution is -2.39. The molecule has 0 aliphatic rings. The monoisotopic (exact) mass is 265 g/mol. The average Bonchev–Trinajstić information content (AvgIpc) is 2.36. The van der Waals surface area contributed by atoms with Crippen molar-refractivity contribution in [2.24, 2.45) is 5.92 Å². The quantitative estimate of drug-likeness (QED) is 0.784. The number of benzene rings is 1. The van der Waals surface area contributed by atoms with Gasteiger partial charge < -0.3 is 9.84 Å². The van der Waals surface area contributed by atoms with Crippen molar-refractivity contribution in [2.75, 3.05) is 26.8 Å². The fraction of sp³-hybridized carbons (Fsp3) is 0.625. The summed E-state index contributed by atoms with van der Waals surface area (Å²) in [6.45, 7) is 9.56. The Bertz CT molecular complexity index is 348. The molecule has 1 aromatic carbocycles. The molecule has 1 rings (SSSR count). The first-order valence-corrected chi connectivity index (χ1v) is 7.03. The van der Waals surface area contributed by atoms with Gasteiger partial charge in [0.2, 0.25) is 0 Å². The number of nitrogens with zero attached hydrogens (tertiary/aromatic N) is 1. The number of rotatable bonds is 8. The fourth-order valence-electron chi connectivity index (χ4n) is 2.27. The van der Waals surface area contributed by atoms with E-state index in [1.54, 1.807) is 19.2 Å². The second-order valence-corrected chi connectivity index (χ2v) is 5.60. The molecule has 0 bridgehead atoms. The molecule has 0 amide bonds. The smallest absolute Gasteiger partial charge is 0.115 e. The molecule has 0 aromatic heterocycles. The van der Waals surface area contributed by atoms with E-state index in [4.69, 9.17) is 4.74 Å². The van der Waals surface area contributed by atoms with Gasteiger partial charge in [-0.15, -0.1) is 0 Å². The molecule has 0 heterocycles. The van der Waals surface area contributed by atoms with Crippen molar-refractivity contribution in [2.45, 2.75) is 33.2 Å². The summed E-state index contributed by atoms with van der Waals surface area (Å²) in [6.07, 6.45) is 0.997. The molecule has 19 heavy (non-hydrogen) atoms. The van der Waals surface area contributed by atoms with E-state index in [0.717, 1.165) is 26.1 Å². The van der Waals surface area contributed by atoms with Crippen LogP contribution < -0.4 is 0 Å². The maximum Gasteiger partial charge on any atom is 0.115 e. The number of aromatic hydroxyl groups is 1. The number of methoxy groups -OCH3 is 1. The molecule has 1 aromatic rings. The van der Waals surface area contributed by atoms with Gasteiger partial charge in [-0.3, -0.25) is 4.90 Å². The van der Waals surface area contributed by atoms with E-state index in [-0.39, 0.29) is 0 Å². The third-order valence-electron chi connectivity index (χ3n) is 3.27. The van der Waals surface area contributed by atoms with Crippen molar-refractivity contribution < 1.29 is 9.84 Å². The summed E-state index contributed by atoms with van der Waals surface area (Å²) in [7, 11) is 1.75. The number of ether oxygens (including phenoxy) is 1. The summed E-state index contributed by atoms with van der Waals surface area (Å²) < 4.78 is 5.20. The minimum absolute atomic E-state index is 0.329. The highest BCUT2D eigenvalue weighted by molar-refractivity contribution is 5.26. The number of phenolic OH excluding ortho intramolecular Hbond substituents is 1. The topological polar surface area (TPSA) is 32.7 Å².